The number of H-pyrrole nitrogens is 1. The zero-order valence-electron chi connectivity index (χ0n) is 16.4. The molecule has 0 amide bonds. The second-order valence-electron chi connectivity index (χ2n) is 7.72. The average molecular weight is 409 g/mol. The number of hydrogen-bond acceptors (Lipinski definition) is 2. The highest BCUT2D eigenvalue weighted by Gasteiger charge is 2.32. The first kappa shape index (κ1) is 18.4. The van der Waals surface area contributed by atoms with E-state index in [9.17, 15) is 4.39 Å². The molecule has 1 unspecified atom stereocenters. The zero-order valence-corrected chi connectivity index (χ0v) is 17.2. The number of benzene rings is 2. The third kappa shape index (κ3) is 3.05. The molecule has 4 aromatic rings. The lowest BCUT2D eigenvalue weighted by Crippen LogP contribution is -2.35. The average Bonchev–Trinajstić information content (AvgIpc) is 3.21. The van der Waals surface area contributed by atoms with Crippen LogP contribution in [0.5, 0.6) is 0 Å². The summed E-state index contributed by atoms with van der Waals surface area (Å²) < 4.78 is 15.3. The Labute approximate surface area is 173 Å². The van der Waals surface area contributed by atoms with E-state index in [1.807, 2.05) is 32.2 Å². The van der Waals surface area contributed by atoms with Crippen molar-refractivity contribution in [3.05, 3.63) is 87.6 Å². The van der Waals surface area contributed by atoms with Crippen LogP contribution in [0.4, 0.5) is 4.39 Å². The van der Waals surface area contributed by atoms with Gasteiger partial charge in [0.05, 0.1) is 11.7 Å². The number of aromatic nitrogens is 3. The van der Waals surface area contributed by atoms with Crippen LogP contribution in [-0.2, 0) is 20.0 Å². The summed E-state index contributed by atoms with van der Waals surface area (Å²) in [5.74, 6) is -0.223. The number of hydrogen-bond donors (Lipinski definition) is 1. The molecule has 5 rings (SSSR count). The molecule has 1 aliphatic rings. The Bertz CT molecular complexity index is 1190. The molecule has 1 aliphatic heterocycles. The second-order valence-corrected chi connectivity index (χ2v) is 8.07. The highest BCUT2D eigenvalue weighted by Crippen LogP contribution is 2.39. The highest BCUT2D eigenvalue weighted by atomic mass is 35.5. The van der Waals surface area contributed by atoms with Crippen molar-refractivity contribution in [2.24, 2.45) is 7.05 Å². The SMILES string of the molecule is Cc1nn(C)c(Cl)c1CN1CCc2c([nH]c3ccccc23)C1c1ccc(F)cc1. The molecule has 29 heavy (non-hydrogen) atoms. The van der Waals surface area contributed by atoms with Crippen LogP contribution in [0.15, 0.2) is 48.5 Å². The standard InChI is InChI=1S/C23H22ClFN4/c1-14-19(23(24)28(2)27-14)13-29-12-11-18-17-5-3-4-6-20(17)26-21(18)22(29)15-7-9-16(25)10-8-15/h3-10,22,26H,11-13H2,1-2H3. The molecule has 0 aliphatic carbocycles. The van der Waals surface area contributed by atoms with Gasteiger partial charge in [-0.3, -0.25) is 9.58 Å². The summed E-state index contributed by atoms with van der Waals surface area (Å²) in [5.41, 5.74) is 6.72. The predicted molar refractivity (Wildman–Crippen MR) is 114 cm³/mol. The Kier molecular flexibility index (Phi) is 4.45. The number of nitrogens with one attached hydrogen (secondary N) is 1. The van der Waals surface area contributed by atoms with Crippen molar-refractivity contribution >= 4 is 22.5 Å². The number of para-hydroxylation sites is 1. The van der Waals surface area contributed by atoms with Crippen molar-refractivity contribution in [3.8, 4) is 0 Å². The van der Waals surface area contributed by atoms with E-state index in [0.717, 1.165) is 35.3 Å². The maximum absolute atomic E-state index is 13.6. The van der Waals surface area contributed by atoms with Gasteiger partial charge < -0.3 is 4.98 Å². The minimum atomic E-state index is -0.223. The van der Waals surface area contributed by atoms with Crippen LogP contribution < -0.4 is 0 Å². The molecule has 4 nitrogen and oxygen atoms in total. The van der Waals surface area contributed by atoms with Crippen LogP contribution in [0.2, 0.25) is 5.15 Å². The largest absolute Gasteiger partial charge is 0.357 e. The summed E-state index contributed by atoms with van der Waals surface area (Å²) in [6, 6.07) is 15.2. The van der Waals surface area contributed by atoms with Crippen molar-refractivity contribution in [1.82, 2.24) is 19.7 Å². The van der Waals surface area contributed by atoms with Crippen molar-refractivity contribution in [2.45, 2.75) is 25.9 Å². The molecule has 1 atom stereocenters. The first-order valence-corrected chi connectivity index (χ1v) is 10.2. The number of halogens is 2. The van der Waals surface area contributed by atoms with Crippen LogP contribution >= 0.6 is 11.6 Å². The van der Waals surface area contributed by atoms with Gasteiger partial charge in [-0.05, 0) is 42.7 Å². The fourth-order valence-corrected chi connectivity index (χ4v) is 4.77. The zero-order chi connectivity index (χ0) is 20.1. The van der Waals surface area contributed by atoms with E-state index in [1.165, 1.54) is 28.8 Å². The molecule has 1 N–H and O–H groups in total. The van der Waals surface area contributed by atoms with Crippen molar-refractivity contribution in [2.75, 3.05) is 6.54 Å². The van der Waals surface area contributed by atoms with Gasteiger partial charge in [-0.1, -0.05) is 41.9 Å². The molecule has 0 saturated heterocycles. The van der Waals surface area contributed by atoms with Gasteiger partial charge in [0, 0.05) is 42.3 Å². The fraction of sp³-hybridized carbons (Fsp3) is 0.261. The summed E-state index contributed by atoms with van der Waals surface area (Å²) in [5, 5.41) is 6.40. The minimum Gasteiger partial charge on any atom is -0.357 e. The number of nitrogens with zero attached hydrogens (tertiary/aromatic N) is 3. The quantitative estimate of drug-likeness (QED) is 0.509. The lowest BCUT2D eigenvalue weighted by atomic mass is 9.92. The first-order chi connectivity index (χ1) is 14.0. The van der Waals surface area contributed by atoms with Crippen LogP contribution in [0.1, 0.15) is 34.1 Å². The Morgan fingerprint density at radius 2 is 1.93 bits per heavy atom. The number of aryl methyl sites for hydroxylation is 2. The van der Waals surface area contributed by atoms with E-state index in [2.05, 4.69) is 33.2 Å². The highest BCUT2D eigenvalue weighted by molar-refractivity contribution is 6.30. The molecule has 2 aromatic heterocycles. The smallest absolute Gasteiger partial charge is 0.131 e. The van der Waals surface area contributed by atoms with Gasteiger partial charge in [0.25, 0.3) is 0 Å². The predicted octanol–water partition coefficient (Wildman–Crippen LogP) is 5.15. The Balaban J connectivity index is 1.63. The van der Waals surface area contributed by atoms with Crippen LogP contribution in [0.25, 0.3) is 10.9 Å². The molecular formula is C23H22ClFN4. The molecular weight excluding hydrogens is 387 g/mol. The Morgan fingerprint density at radius 3 is 2.66 bits per heavy atom. The summed E-state index contributed by atoms with van der Waals surface area (Å²) in [7, 11) is 1.86. The monoisotopic (exact) mass is 408 g/mol. The third-order valence-electron chi connectivity index (χ3n) is 5.95. The van der Waals surface area contributed by atoms with Gasteiger partial charge in [-0.2, -0.15) is 5.10 Å². The summed E-state index contributed by atoms with van der Waals surface area (Å²) in [6.07, 6.45) is 0.952. The van der Waals surface area contributed by atoms with Gasteiger partial charge in [0.15, 0.2) is 0 Å². The van der Waals surface area contributed by atoms with E-state index in [1.54, 1.807) is 4.68 Å². The Hall–Kier alpha value is -2.63. The van der Waals surface area contributed by atoms with E-state index in [4.69, 9.17) is 11.6 Å². The van der Waals surface area contributed by atoms with Crippen LogP contribution in [0, 0.1) is 12.7 Å². The number of aromatic amines is 1. The molecule has 2 aromatic carbocycles. The second kappa shape index (κ2) is 7.01. The van der Waals surface area contributed by atoms with Crippen molar-refractivity contribution in [1.29, 1.82) is 0 Å². The molecule has 0 fully saturated rings. The summed E-state index contributed by atoms with van der Waals surface area (Å²) in [4.78, 5) is 6.04. The molecule has 6 heteroatoms. The minimum absolute atomic E-state index is 0.00224. The molecule has 0 bridgehead atoms. The molecule has 0 spiro atoms. The molecule has 0 radical (unpaired) electrons. The van der Waals surface area contributed by atoms with E-state index in [-0.39, 0.29) is 11.9 Å². The van der Waals surface area contributed by atoms with Gasteiger partial charge in [0.1, 0.15) is 11.0 Å². The lowest BCUT2D eigenvalue weighted by Gasteiger charge is -2.36. The van der Waals surface area contributed by atoms with Crippen molar-refractivity contribution < 1.29 is 4.39 Å². The number of rotatable bonds is 3. The maximum Gasteiger partial charge on any atom is 0.131 e. The van der Waals surface area contributed by atoms with Gasteiger partial charge >= 0.3 is 0 Å². The van der Waals surface area contributed by atoms with Gasteiger partial charge in [-0.25, -0.2) is 4.39 Å². The third-order valence-corrected chi connectivity index (χ3v) is 6.42. The van der Waals surface area contributed by atoms with Gasteiger partial charge in [0.2, 0.25) is 0 Å². The summed E-state index contributed by atoms with van der Waals surface area (Å²) >= 11 is 6.53. The van der Waals surface area contributed by atoms with Crippen LogP contribution in [-0.4, -0.2) is 26.2 Å². The first-order valence-electron chi connectivity index (χ1n) is 9.80. The van der Waals surface area contributed by atoms with E-state index in [0.29, 0.717) is 11.7 Å². The lowest BCUT2D eigenvalue weighted by molar-refractivity contribution is 0.201. The molecule has 3 heterocycles. The van der Waals surface area contributed by atoms with Crippen LogP contribution in [0.3, 0.4) is 0 Å². The normalized spacial score (nSPS) is 17.0. The van der Waals surface area contributed by atoms with Gasteiger partial charge in [-0.15, -0.1) is 0 Å². The Morgan fingerprint density at radius 1 is 1.17 bits per heavy atom. The van der Waals surface area contributed by atoms with E-state index < -0.39 is 0 Å². The number of fused-ring (bicyclic) bond motifs is 3. The molecule has 0 saturated carbocycles. The fourth-order valence-electron chi connectivity index (χ4n) is 4.54. The maximum atomic E-state index is 13.6. The van der Waals surface area contributed by atoms with E-state index >= 15 is 0 Å². The van der Waals surface area contributed by atoms with Crippen molar-refractivity contribution in [3.63, 3.8) is 0 Å². The molecule has 148 valence electrons. The summed E-state index contributed by atoms with van der Waals surface area (Å²) in [6.45, 7) is 3.57. The topological polar surface area (TPSA) is 36.9 Å².